The van der Waals surface area contributed by atoms with Crippen LogP contribution in [0.5, 0.6) is 0 Å². The van der Waals surface area contributed by atoms with Crippen LogP contribution < -0.4 is 0 Å². The molecule has 0 radical (unpaired) electrons. The number of hydrogen-bond donors (Lipinski definition) is 1. The average molecular weight is 269 g/mol. The molecule has 0 spiro atoms. The summed E-state index contributed by atoms with van der Waals surface area (Å²) in [6.07, 6.45) is 3.41. The number of aliphatic carboxylic acids is 1. The van der Waals surface area contributed by atoms with Gasteiger partial charge in [0.05, 0.1) is 6.54 Å². The van der Waals surface area contributed by atoms with Gasteiger partial charge in [0.2, 0.25) is 0 Å². The van der Waals surface area contributed by atoms with Crippen LogP contribution in [0.3, 0.4) is 0 Å². The molecule has 2 unspecified atom stereocenters. The van der Waals surface area contributed by atoms with Crippen molar-refractivity contribution in [1.29, 1.82) is 0 Å². The molecular formula is C16H31NO2. The van der Waals surface area contributed by atoms with Gasteiger partial charge >= 0.3 is 5.97 Å². The summed E-state index contributed by atoms with van der Waals surface area (Å²) in [5.41, 5.74) is 1.44. The Morgan fingerprint density at radius 1 is 1.21 bits per heavy atom. The molecule has 3 nitrogen and oxygen atoms in total. The Morgan fingerprint density at radius 2 is 1.79 bits per heavy atom. The second kappa shape index (κ2) is 9.13. The Balaban J connectivity index is 4.28. The van der Waals surface area contributed by atoms with Gasteiger partial charge in [-0.3, -0.25) is 9.69 Å². The van der Waals surface area contributed by atoms with E-state index in [0.717, 1.165) is 19.5 Å². The zero-order chi connectivity index (χ0) is 15.0. The summed E-state index contributed by atoms with van der Waals surface area (Å²) in [6, 6.07) is 0. The molecule has 0 aliphatic carbocycles. The van der Waals surface area contributed by atoms with Crippen molar-refractivity contribution >= 4 is 5.97 Å². The number of allylic oxidation sites excluding steroid dienone is 2. The van der Waals surface area contributed by atoms with Gasteiger partial charge in [-0.15, -0.1) is 0 Å². The van der Waals surface area contributed by atoms with E-state index in [4.69, 9.17) is 5.11 Å². The number of carbonyl (C=O) groups is 1. The molecule has 0 heterocycles. The van der Waals surface area contributed by atoms with E-state index in [1.807, 2.05) is 11.8 Å². The topological polar surface area (TPSA) is 40.5 Å². The van der Waals surface area contributed by atoms with E-state index in [1.165, 1.54) is 5.57 Å². The van der Waals surface area contributed by atoms with Gasteiger partial charge in [0.1, 0.15) is 0 Å². The van der Waals surface area contributed by atoms with Crippen molar-refractivity contribution in [2.45, 2.75) is 48.0 Å². The van der Waals surface area contributed by atoms with E-state index in [1.54, 1.807) is 0 Å². The van der Waals surface area contributed by atoms with E-state index in [2.05, 4.69) is 40.7 Å². The minimum Gasteiger partial charge on any atom is -0.480 e. The molecule has 0 aliphatic heterocycles. The molecule has 0 aromatic heterocycles. The normalized spacial score (nSPS) is 15.9. The van der Waals surface area contributed by atoms with Crippen molar-refractivity contribution in [3.8, 4) is 0 Å². The molecule has 0 aromatic carbocycles. The van der Waals surface area contributed by atoms with Crippen LogP contribution in [0.15, 0.2) is 11.6 Å². The van der Waals surface area contributed by atoms with Crippen LogP contribution in [0.2, 0.25) is 0 Å². The Kier molecular flexibility index (Phi) is 8.73. The van der Waals surface area contributed by atoms with Crippen molar-refractivity contribution in [3.05, 3.63) is 11.6 Å². The summed E-state index contributed by atoms with van der Waals surface area (Å²) in [7, 11) is 0. The number of rotatable bonds is 9. The van der Waals surface area contributed by atoms with Crippen molar-refractivity contribution in [2.75, 3.05) is 19.6 Å². The van der Waals surface area contributed by atoms with Gasteiger partial charge in [0, 0.05) is 6.54 Å². The van der Waals surface area contributed by atoms with Crippen LogP contribution in [0.4, 0.5) is 0 Å². The average Bonchev–Trinajstić information content (AvgIpc) is 2.33. The van der Waals surface area contributed by atoms with Gasteiger partial charge in [-0.2, -0.15) is 0 Å². The van der Waals surface area contributed by atoms with Crippen LogP contribution in [0.1, 0.15) is 48.0 Å². The first-order valence-electron chi connectivity index (χ1n) is 7.38. The summed E-state index contributed by atoms with van der Waals surface area (Å²) in [4.78, 5) is 12.8. The molecule has 0 fully saturated rings. The van der Waals surface area contributed by atoms with Gasteiger partial charge in [-0.05, 0) is 37.6 Å². The van der Waals surface area contributed by atoms with Crippen molar-refractivity contribution in [3.63, 3.8) is 0 Å². The van der Waals surface area contributed by atoms with Gasteiger partial charge in [-0.25, -0.2) is 0 Å². The molecular weight excluding hydrogens is 238 g/mol. The molecule has 0 bridgehead atoms. The standard InChI is InChI=1S/C16H31NO2/c1-7-17(11-16(18)19)10-15(6)14(5)9-8-13(4)12(2)3/h8,12,14-15H,7,9-11H2,1-6H3,(H,18,19)/b13-8+. The largest absolute Gasteiger partial charge is 0.480 e. The molecule has 0 aliphatic rings. The first-order valence-corrected chi connectivity index (χ1v) is 7.38. The maximum absolute atomic E-state index is 10.8. The Hall–Kier alpha value is -0.830. The lowest BCUT2D eigenvalue weighted by Gasteiger charge is -2.26. The summed E-state index contributed by atoms with van der Waals surface area (Å²) in [6.45, 7) is 14.9. The van der Waals surface area contributed by atoms with Gasteiger partial charge < -0.3 is 5.11 Å². The summed E-state index contributed by atoms with van der Waals surface area (Å²) >= 11 is 0. The lowest BCUT2D eigenvalue weighted by molar-refractivity contribution is -0.138. The second-order valence-electron chi connectivity index (χ2n) is 6.01. The van der Waals surface area contributed by atoms with E-state index >= 15 is 0 Å². The lowest BCUT2D eigenvalue weighted by Crippen LogP contribution is -2.35. The van der Waals surface area contributed by atoms with Crippen molar-refractivity contribution in [1.82, 2.24) is 4.90 Å². The van der Waals surface area contributed by atoms with Crippen LogP contribution in [-0.2, 0) is 4.79 Å². The SMILES string of the molecule is CCN(CC(=O)O)CC(C)C(C)C/C=C(\C)C(C)C. The third kappa shape index (κ3) is 8.04. The lowest BCUT2D eigenvalue weighted by atomic mass is 9.90. The number of hydrogen-bond acceptors (Lipinski definition) is 2. The molecule has 1 N–H and O–H groups in total. The number of likely N-dealkylation sites (N-methyl/N-ethyl adjacent to an activating group) is 1. The summed E-state index contributed by atoms with van der Waals surface area (Å²) in [5, 5.41) is 8.85. The van der Waals surface area contributed by atoms with Crippen molar-refractivity contribution in [2.24, 2.45) is 17.8 Å². The first kappa shape index (κ1) is 18.2. The van der Waals surface area contributed by atoms with Gasteiger partial charge in [-0.1, -0.05) is 46.3 Å². The molecule has 112 valence electrons. The Morgan fingerprint density at radius 3 is 2.21 bits per heavy atom. The number of carboxylic acids is 1. The molecule has 0 rings (SSSR count). The smallest absolute Gasteiger partial charge is 0.317 e. The predicted octanol–water partition coefficient (Wildman–Crippen LogP) is 3.66. The quantitative estimate of drug-likeness (QED) is 0.649. The fraction of sp³-hybridized carbons (Fsp3) is 0.812. The van der Waals surface area contributed by atoms with E-state index in [9.17, 15) is 4.79 Å². The second-order valence-corrected chi connectivity index (χ2v) is 6.01. The Bertz CT molecular complexity index is 297. The molecule has 3 heteroatoms. The van der Waals surface area contributed by atoms with Crippen LogP contribution in [0.25, 0.3) is 0 Å². The first-order chi connectivity index (χ1) is 8.77. The van der Waals surface area contributed by atoms with E-state index < -0.39 is 5.97 Å². The molecule has 0 aromatic rings. The zero-order valence-electron chi connectivity index (χ0n) is 13.4. The highest BCUT2D eigenvalue weighted by Gasteiger charge is 2.16. The summed E-state index contributed by atoms with van der Waals surface area (Å²) < 4.78 is 0. The van der Waals surface area contributed by atoms with Gasteiger partial charge in [0.15, 0.2) is 0 Å². The van der Waals surface area contributed by atoms with Gasteiger partial charge in [0.25, 0.3) is 0 Å². The third-order valence-corrected chi connectivity index (χ3v) is 4.05. The summed E-state index contributed by atoms with van der Waals surface area (Å²) in [5.74, 6) is 0.964. The monoisotopic (exact) mass is 269 g/mol. The van der Waals surface area contributed by atoms with Crippen LogP contribution in [-0.4, -0.2) is 35.6 Å². The minimum absolute atomic E-state index is 0.147. The maximum atomic E-state index is 10.8. The van der Waals surface area contributed by atoms with Crippen LogP contribution >= 0.6 is 0 Å². The van der Waals surface area contributed by atoms with Crippen LogP contribution in [0, 0.1) is 17.8 Å². The van der Waals surface area contributed by atoms with E-state index in [-0.39, 0.29) is 6.54 Å². The predicted molar refractivity (Wildman–Crippen MR) is 81.3 cm³/mol. The fourth-order valence-electron chi connectivity index (χ4n) is 1.92. The third-order valence-electron chi connectivity index (χ3n) is 4.05. The molecule has 2 atom stereocenters. The van der Waals surface area contributed by atoms with Crippen molar-refractivity contribution < 1.29 is 9.90 Å². The fourth-order valence-corrected chi connectivity index (χ4v) is 1.92. The molecule has 0 saturated carbocycles. The number of nitrogens with zero attached hydrogens (tertiary/aromatic N) is 1. The number of carboxylic acid groups (broad SMARTS) is 1. The molecule has 0 saturated heterocycles. The zero-order valence-corrected chi connectivity index (χ0v) is 13.4. The molecule has 19 heavy (non-hydrogen) atoms. The highest BCUT2D eigenvalue weighted by atomic mass is 16.4. The van der Waals surface area contributed by atoms with E-state index in [0.29, 0.717) is 17.8 Å². The molecule has 0 amide bonds. The highest BCUT2D eigenvalue weighted by Crippen LogP contribution is 2.19. The minimum atomic E-state index is -0.739. The Labute approximate surface area is 118 Å². The highest BCUT2D eigenvalue weighted by molar-refractivity contribution is 5.69. The maximum Gasteiger partial charge on any atom is 0.317 e.